The van der Waals surface area contributed by atoms with Crippen molar-refractivity contribution in [1.29, 1.82) is 0 Å². The van der Waals surface area contributed by atoms with Crippen molar-refractivity contribution >= 4 is 10.0 Å². The molecular formula is C13H14N2O2S. The largest absolute Gasteiger partial charge is 0.265 e. The molecule has 0 amide bonds. The molecule has 2 N–H and O–H groups in total. The SMILES string of the molecule is NS(=O)(=O)C(Cc1ccccc1)c1ccncc1. The summed E-state index contributed by atoms with van der Waals surface area (Å²) in [5.41, 5.74) is 1.60. The van der Waals surface area contributed by atoms with Crippen molar-refractivity contribution in [1.82, 2.24) is 4.98 Å². The van der Waals surface area contributed by atoms with Crippen molar-refractivity contribution in [3.05, 3.63) is 66.0 Å². The summed E-state index contributed by atoms with van der Waals surface area (Å²) in [4.78, 5) is 3.88. The van der Waals surface area contributed by atoms with Gasteiger partial charge in [-0.3, -0.25) is 4.98 Å². The predicted octanol–water partition coefficient (Wildman–Crippen LogP) is 1.65. The van der Waals surface area contributed by atoms with E-state index < -0.39 is 15.3 Å². The lowest BCUT2D eigenvalue weighted by atomic mass is 10.1. The van der Waals surface area contributed by atoms with E-state index in [1.165, 1.54) is 0 Å². The van der Waals surface area contributed by atoms with Crippen molar-refractivity contribution < 1.29 is 8.42 Å². The molecular weight excluding hydrogens is 248 g/mol. The molecule has 5 heteroatoms. The van der Waals surface area contributed by atoms with E-state index in [2.05, 4.69) is 4.98 Å². The first-order valence-corrected chi connectivity index (χ1v) is 7.14. The van der Waals surface area contributed by atoms with Gasteiger partial charge in [0.05, 0.1) is 0 Å². The van der Waals surface area contributed by atoms with Gasteiger partial charge in [0.1, 0.15) is 5.25 Å². The molecule has 4 nitrogen and oxygen atoms in total. The Morgan fingerprint density at radius 1 is 1.06 bits per heavy atom. The van der Waals surface area contributed by atoms with Crippen molar-refractivity contribution in [3.8, 4) is 0 Å². The van der Waals surface area contributed by atoms with Gasteiger partial charge < -0.3 is 0 Å². The highest BCUT2D eigenvalue weighted by Crippen LogP contribution is 2.24. The summed E-state index contributed by atoms with van der Waals surface area (Å²) in [5, 5.41) is 4.58. The predicted molar refractivity (Wildman–Crippen MR) is 70.2 cm³/mol. The third kappa shape index (κ3) is 3.15. The minimum absolute atomic E-state index is 0.365. The summed E-state index contributed by atoms with van der Waals surface area (Å²) >= 11 is 0. The Bertz CT molecular complexity index is 597. The number of sulfonamides is 1. The van der Waals surface area contributed by atoms with E-state index in [9.17, 15) is 8.42 Å². The molecule has 0 aliphatic carbocycles. The smallest absolute Gasteiger partial charge is 0.216 e. The lowest BCUT2D eigenvalue weighted by Crippen LogP contribution is -2.23. The van der Waals surface area contributed by atoms with Crippen molar-refractivity contribution in [3.63, 3.8) is 0 Å². The van der Waals surface area contributed by atoms with Gasteiger partial charge in [-0.2, -0.15) is 0 Å². The Labute approximate surface area is 107 Å². The van der Waals surface area contributed by atoms with Crippen LogP contribution in [0.15, 0.2) is 54.9 Å². The van der Waals surface area contributed by atoms with Gasteiger partial charge >= 0.3 is 0 Å². The average Bonchev–Trinajstić information content (AvgIpc) is 2.37. The first kappa shape index (κ1) is 12.7. The highest BCUT2D eigenvalue weighted by Gasteiger charge is 2.23. The molecule has 2 rings (SSSR count). The first-order valence-electron chi connectivity index (χ1n) is 5.53. The van der Waals surface area contributed by atoms with Gasteiger partial charge in [0.25, 0.3) is 0 Å². The van der Waals surface area contributed by atoms with Crippen LogP contribution in [0, 0.1) is 0 Å². The van der Waals surface area contributed by atoms with Crippen LogP contribution in [0.5, 0.6) is 0 Å². The monoisotopic (exact) mass is 262 g/mol. The number of nitrogens with two attached hydrogens (primary N) is 1. The van der Waals surface area contributed by atoms with Gasteiger partial charge in [0.2, 0.25) is 10.0 Å². The van der Waals surface area contributed by atoms with Gasteiger partial charge in [-0.15, -0.1) is 0 Å². The molecule has 0 fully saturated rings. The zero-order valence-corrected chi connectivity index (χ0v) is 10.5. The van der Waals surface area contributed by atoms with Crippen LogP contribution in [0.4, 0.5) is 0 Å². The maximum Gasteiger partial charge on any atom is 0.216 e. The van der Waals surface area contributed by atoms with Crippen LogP contribution in [0.3, 0.4) is 0 Å². The number of nitrogens with zero attached hydrogens (tertiary/aromatic N) is 1. The zero-order valence-electron chi connectivity index (χ0n) is 9.73. The quantitative estimate of drug-likeness (QED) is 0.910. The summed E-state index contributed by atoms with van der Waals surface area (Å²) in [5.74, 6) is 0. The Balaban J connectivity index is 2.34. The highest BCUT2D eigenvalue weighted by molar-refractivity contribution is 7.89. The second-order valence-electron chi connectivity index (χ2n) is 4.05. The summed E-state index contributed by atoms with van der Waals surface area (Å²) in [6, 6.07) is 12.8. The number of pyridine rings is 1. The maximum atomic E-state index is 11.7. The van der Waals surface area contributed by atoms with Crippen LogP contribution in [0.2, 0.25) is 0 Å². The van der Waals surface area contributed by atoms with E-state index in [-0.39, 0.29) is 0 Å². The number of benzene rings is 1. The molecule has 0 spiro atoms. The molecule has 0 aliphatic rings. The minimum atomic E-state index is -3.64. The topological polar surface area (TPSA) is 73.1 Å². The fourth-order valence-electron chi connectivity index (χ4n) is 1.83. The van der Waals surface area contributed by atoms with Crippen molar-refractivity contribution in [2.75, 3.05) is 0 Å². The van der Waals surface area contributed by atoms with Crippen LogP contribution in [0.25, 0.3) is 0 Å². The molecule has 0 bridgehead atoms. The summed E-state index contributed by atoms with van der Waals surface area (Å²) < 4.78 is 23.4. The number of hydrogen-bond acceptors (Lipinski definition) is 3. The standard InChI is InChI=1S/C13H14N2O2S/c14-18(16,17)13(12-6-8-15-9-7-12)10-11-4-2-1-3-5-11/h1-9,13H,10H2,(H2,14,16,17). The third-order valence-electron chi connectivity index (χ3n) is 2.74. The first-order chi connectivity index (χ1) is 8.57. The average molecular weight is 262 g/mol. The van der Waals surface area contributed by atoms with Crippen LogP contribution in [-0.4, -0.2) is 13.4 Å². The zero-order chi connectivity index (χ0) is 13.0. The Hall–Kier alpha value is -1.72. The van der Waals surface area contributed by atoms with E-state index in [1.54, 1.807) is 24.5 Å². The van der Waals surface area contributed by atoms with Crippen LogP contribution < -0.4 is 5.14 Å². The lowest BCUT2D eigenvalue weighted by Gasteiger charge is -2.15. The molecule has 1 heterocycles. The Morgan fingerprint density at radius 2 is 1.67 bits per heavy atom. The number of aromatic nitrogens is 1. The molecule has 94 valence electrons. The van der Waals surface area contributed by atoms with Gasteiger partial charge in [0.15, 0.2) is 0 Å². The maximum absolute atomic E-state index is 11.7. The number of primary sulfonamides is 1. The minimum Gasteiger partial charge on any atom is -0.265 e. The normalized spacial score (nSPS) is 13.2. The second-order valence-corrected chi connectivity index (χ2v) is 5.80. The molecule has 1 unspecified atom stereocenters. The fourth-order valence-corrected chi connectivity index (χ4v) is 2.79. The molecule has 0 radical (unpaired) electrons. The molecule has 1 aromatic carbocycles. The van der Waals surface area contributed by atoms with Crippen molar-refractivity contribution in [2.24, 2.45) is 5.14 Å². The van der Waals surface area contributed by atoms with E-state index in [1.807, 2.05) is 30.3 Å². The Morgan fingerprint density at radius 3 is 2.22 bits per heavy atom. The molecule has 0 aliphatic heterocycles. The summed E-state index contributed by atoms with van der Waals surface area (Å²) in [7, 11) is -3.64. The molecule has 0 saturated carbocycles. The van der Waals surface area contributed by atoms with Crippen LogP contribution in [0.1, 0.15) is 16.4 Å². The van der Waals surface area contributed by atoms with E-state index >= 15 is 0 Å². The summed E-state index contributed by atoms with van der Waals surface area (Å²) in [6.45, 7) is 0. The highest BCUT2D eigenvalue weighted by atomic mass is 32.2. The van der Waals surface area contributed by atoms with Gasteiger partial charge in [-0.05, 0) is 29.7 Å². The van der Waals surface area contributed by atoms with E-state index in [0.717, 1.165) is 5.56 Å². The van der Waals surface area contributed by atoms with Crippen LogP contribution in [-0.2, 0) is 16.4 Å². The Kier molecular flexibility index (Phi) is 3.74. The molecule has 18 heavy (non-hydrogen) atoms. The van der Waals surface area contributed by atoms with Gasteiger partial charge in [-0.1, -0.05) is 30.3 Å². The summed E-state index contributed by atoms with van der Waals surface area (Å²) in [6.07, 6.45) is 3.50. The van der Waals surface area contributed by atoms with Crippen LogP contribution >= 0.6 is 0 Å². The third-order valence-corrected chi connectivity index (χ3v) is 3.97. The van der Waals surface area contributed by atoms with Gasteiger partial charge in [-0.25, -0.2) is 13.6 Å². The van der Waals surface area contributed by atoms with E-state index in [4.69, 9.17) is 5.14 Å². The number of rotatable bonds is 4. The number of hydrogen-bond donors (Lipinski definition) is 1. The van der Waals surface area contributed by atoms with Crippen molar-refractivity contribution in [2.45, 2.75) is 11.7 Å². The molecule has 0 saturated heterocycles. The lowest BCUT2D eigenvalue weighted by molar-refractivity contribution is 0.582. The molecule has 1 atom stereocenters. The van der Waals surface area contributed by atoms with E-state index in [0.29, 0.717) is 12.0 Å². The fraction of sp³-hybridized carbons (Fsp3) is 0.154. The second kappa shape index (κ2) is 5.29. The molecule has 2 aromatic rings. The molecule has 1 aromatic heterocycles. The van der Waals surface area contributed by atoms with Gasteiger partial charge in [0, 0.05) is 12.4 Å².